The number of fused-ring (bicyclic) bond motifs is 1. The van der Waals surface area contributed by atoms with E-state index in [1.807, 2.05) is 20.8 Å². The number of carbonyl (C=O) groups excluding carboxylic acids is 3. The molecule has 0 radical (unpaired) electrons. The summed E-state index contributed by atoms with van der Waals surface area (Å²) in [5.41, 5.74) is 1.34. The van der Waals surface area contributed by atoms with E-state index in [9.17, 15) is 14.4 Å². The number of amides is 1. The van der Waals surface area contributed by atoms with Gasteiger partial charge in [0, 0.05) is 29.8 Å². The zero-order valence-electron chi connectivity index (χ0n) is 15.8. The number of likely N-dealkylation sites (N-methyl/N-ethyl adjacent to an activating group) is 1. The summed E-state index contributed by atoms with van der Waals surface area (Å²) in [6, 6.07) is 6.67. The van der Waals surface area contributed by atoms with Gasteiger partial charge in [-0.1, -0.05) is 37.6 Å². The van der Waals surface area contributed by atoms with Crippen LogP contribution >= 0.6 is 0 Å². The lowest BCUT2D eigenvalue weighted by Gasteiger charge is -2.22. The molecule has 5 nitrogen and oxygen atoms in total. The van der Waals surface area contributed by atoms with Crippen molar-refractivity contribution in [1.29, 1.82) is 0 Å². The number of ether oxygens (including phenoxy) is 1. The molecule has 1 amide bonds. The van der Waals surface area contributed by atoms with E-state index in [0.717, 1.165) is 6.42 Å². The second kappa shape index (κ2) is 8.61. The molecule has 0 saturated heterocycles. The van der Waals surface area contributed by atoms with E-state index < -0.39 is 0 Å². The predicted molar refractivity (Wildman–Crippen MR) is 100 cm³/mol. The van der Waals surface area contributed by atoms with Gasteiger partial charge < -0.3 is 9.64 Å². The van der Waals surface area contributed by atoms with Crippen molar-refractivity contribution in [2.75, 3.05) is 20.2 Å². The summed E-state index contributed by atoms with van der Waals surface area (Å²) in [4.78, 5) is 40.1. The monoisotopic (exact) mass is 355 g/mol. The van der Waals surface area contributed by atoms with E-state index in [1.165, 1.54) is 7.11 Å². The van der Waals surface area contributed by atoms with Crippen LogP contribution in [0.25, 0.3) is 0 Å². The predicted octanol–water partition coefficient (Wildman–Crippen LogP) is 3.56. The minimum atomic E-state index is -0.333. The van der Waals surface area contributed by atoms with E-state index in [4.69, 9.17) is 4.74 Å². The summed E-state index contributed by atoms with van der Waals surface area (Å²) in [7, 11) is 1.37. The maximum Gasteiger partial charge on any atom is 0.249 e. The summed E-state index contributed by atoms with van der Waals surface area (Å²) < 4.78 is 5.25. The quantitative estimate of drug-likeness (QED) is 0.702. The van der Waals surface area contributed by atoms with Gasteiger partial charge in [-0.3, -0.25) is 14.4 Å². The van der Waals surface area contributed by atoms with Gasteiger partial charge in [-0.25, -0.2) is 0 Å². The number of nitrogens with zero attached hydrogens (tertiary/aromatic N) is 1. The molecule has 0 spiro atoms. The maximum absolute atomic E-state index is 12.9. The number of rotatable bonds is 7. The standard InChI is InChI=1S/C21H25NO4/c1-5-10-14(21(25)22(6-2)7-3)13-17-18(23)15-11-8-9-12-16(15)19(24)20(17)26-4/h8-9,11-13H,5-7,10H2,1-4H3. The van der Waals surface area contributed by atoms with E-state index in [2.05, 4.69) is 0 Å². The van der Waals surface area contributed by atoms with Crippen LogP contribution in [0.2, 0.25) is 0 Å². The highest BCUT2D eigenvalue weighted by Crippen LogP contribution is 2.29. The van der Waals surface area contributed by atoms with Gasteiger partial charge in [-0.2, -0.15) is 0 Å². The molecule has 0 N–H and O–H groups in total. The molecule has 0 heterocycles. The molecule has 0 aromatic heterocycles. The van der Waals surface area contributed by atoms with Crippen molar-refractivity contribution in [2.45, 2.75) is 33.6 Å². The molecule has 0 bridgehead atoms. The maximum atomic E-state index is 12.9. The van der Waals surface area contributed by atoms with Crippen LogP contribution < -0.4 is 0 Å². The van der Waals surface area contributed by atoms with Gasteiger partial charge >= 0.3 is 0 Å². The molecule has 26 heavy (non-hydrogen) atoms. The van der Waals surface area contributed by atoms with E-state index in [0.29, 0.717) is 36.2 Å². The molecular formula is C21H25NO4. The first-order chi connectivity index (χ1) is 12.5. The van der Waals surface area contributed by atoms with Crippen LogP contribution in [-0.2, 0) is 9.53 Å². The number of benzene rings is 1. The summed E-state index contributed by atoms with van der Waals surface area (Å²) in [6.45, 7) is 6.97. The Morgan fingerprint density at radius 3 is 2.12 bits per heavy atom. The highest BCUT2D eigenvalue weighted by molar-refractivity contribution is 6.27. The summed E-state index contributed by atoms with van der Waals surface area (Å²) in [5, 5.41) is 0. The van der Waals surface area contributed by atoms with E-state index in [1.54, 1.807) is 35.2 Å². The van der Waals surface area contributed by atoms with Gasteiger partial charge in [-0.05, 0) is 26.3 Å². The van der Waals surface area contributed by atoms with Crippen molar-refractivity contribution in [3.63, 3.8) is 0 Å². The molecule has 1 aromatic carbocycles. The average molecular weight is 355 g/mol. The molecule has 1 aliphatic rings. The van der Waals surface area contributed by atoms with Crippen LogP contribution in [0.5, 0.6) is 0 Å². The van der Waals surface area contributed by atoms with Gasteiger partial charge in [0.1, 0.15) is 0 Å². The van der Waals surface area contributed by atoms with Crippen molar-refractivity contribution in [3.8, 4) is 0 Å². The van der Waals surface area contributed by atoms with Crippen LogP contribution in [0.4, 0.5) is 0 Å². The number of ketones is 2. The van der Waals surface area contributed by atoms with Crippen molar-refractivity contribution >= 4 is 17.5 Å². The molecule has 0 aliphatic heterocycles. The highest BCUT2D eigenvalue weighted by atomic mass is 16.5. The van der Waals surface area contributed by atoms with Gasteiger partial charge in [-0.15, -0.1) is 0 Å². The number of hydrogen-bond acceptors (Lipinski definition) is 4. The Bertz CT molecular complexity index is 785. The fourth-order valence-corrected chi connectivity index (χ4v) is 3.10. The molecule has 2 rings (SSSR count). The number of carbonyl (C=O) groups is 3. The Morgan fingerprint density at radius 2 is 1.62 bits per heavy atom. The zero-order valence-corrected chi connectivity index (χ0v) is 15.8. The molecule has 1 aromatic rings. The van der Waals surface area contributed by atoms with Crippen molar-refractivity contribution < 1.29 is 19.1 Å². The molecule has 0 fully saturated rings. The summed E-state index contributed by atoms with van der Waals surface area (Å²) in [6.07, 6.45) is 2.82. The molecular weight excluding hydrogens is 330 g/mol. The minimum Gasteiger partial charge on any atom is -0.492 e. The molecule has 0 unspecified atom stereocenters. The van der Waals surface area contributed by atoms with E-state index >= 15 is 0 Å². The number of allylic oxidation sites excluding steroid dienone is 3. The number of Topliss-reactive ketones (excluding diaryl/α,β-unsaturated/α-hetero) is 2. The molecule has 0 atom stereocenters. The minimum absolute atomic E-state index is 0.00495. The van der Waals surface area contributed by atoms with Gasteiger partial charge in [0.05, 0.1) is 12.7 Å². The third-order valence-electron chi connectivity index (χ3n) is 4.48. The Kier molecular flexibility index (Phi) is 6.50. The third kappa shape index (κ3) is 3.62. The van der Waals surface area contributed by atoms with Gasteiger partial charge in [0.2, 0.25) is 11.7 Å². The van der Waals surface area contributed by atoms with Crippen LogP contribution in [-0.4, -0.2) is 42.6 Å². The zero-order chi connectivity index (χ0) is 19.3. The van der Waals surface area contributed by atoms with Gasteiger partial charge in [0.15, 0.2) is 11.5 Å². The Morgan fingerprint density at radius 1 is 1.04 bits per heavy atom. The highest BCUT2D eigenvalue weighted by Gasteiger charge is 2.32. The molecule has 0 saturated carbocycles. The Labute approximate surface area is 154 Å². The second-order valence-electron chi connectivity index (χ2n) is 6.05. The Balaban J connectivity index is 2.58. The lowest BCUT2D eigenvalue weighted by molar-refractivity contribution is -0.126. The first kappa shape index (κ1) is 19.6. The molecule has 1 aliphatic carbocycles. The molecule has 138 valence electrons. The topological polar surface area (TPSA) is 63.7 Å². The van der Waals surface area contributed by atoms with Crippen LogP contribution in [0.3, 0.4) is 0 Å². The largest absolute Gasteiger partial charge is 0.492 e. The average Bonchev–Trinajstić information content (AvgIpc) is 2.66. The fraction of sp³-hybridized carbons (Fsp3) is 0.381. The molecule has 5 heteroatoms. The normalized spacial score (nSPS) is 14.4. The Hall–Kier alpha value is -2.69. The fourth-order valence-electron chi connectivity index (χ4n) is 3.10. The van der Waals surface area contributed by atoms with Crippen molar-refractivity contribution in [1.82, 2.24) is 4.90 Å². The van der Waals surface area contributed by atoms with Crippen LogP contribution in [0, 0.1) is 0 Å². The summed E-state index contributed by atoms with van der Waals surface area (Å²) >= 11 is 0. The summed E-state index contributed by atoms with van der Waals surface area (Å²) in [5.74, 6) is -0.744. The first-order valence-corrected chi connectivity index (χ1v) is 8.96. The smallest absolute Gasteiger partial charge is 0.249 e. The van der Waals surface area contributed by atoms with Crippen molar-refractivity contribution in [2.24, 2.45) is 0 Å². The lowest BCUT2D eigenvalue weighted by atomic mass is 9.87. The lowest BCUT2D eigenvalue weighted by Crippen LogP contribution is -2.32. The number of hydrogen-bond donors (Lipinski definition) is 0. The van der Waals surface area contributed by atoms with Crippen LogP contribution in [0.15, 0.2) is 47.2 Å². The van der Waals surface area contributed by atoms with Gasteiger partial charge in [0.25, 0.3) is 0 Å². The van der Waals surface area contributed by atoms with E-state index in [-0.39, 0.29) is 28.8 Å². The van der Waals surface area contributed by atoms with Crippen LogP contribution in [0.1, 0.15) is 54.3 Å². The SMILES string of the molecule is CCCC(=CC1=C(OC)C(=O)c2ccccc2C1=O)C(=O)N(CC)CC. The van der Waals surface area contributed by atoms with Crippen molar-refractivity contribution in [3.05, 3.63) is 58.4 Å². The third-order valence-corrected chi connectivity index (χ3v) is 4.48. The number of methoxy groups -OCH3 is 1. The second-order valence-corrected chi connectivity index (χ2v) is 6.05. The first-order valence-electron chi connectivity index (χ1n) is 8.96.